The molecule has 0 N–H and O–H groups in total. The zero-order valence-corrected chi connectivity index (χ0v) is 16.0. The Kier molecular flexibility index (Phi) is 4.60. The second kappa shape index (κ2) is 7.08. The lowest BCUT2D eigenvalue weighted by molar-refractivity contribution is 0.319. The van der Waals surface area contributed by atoms with E-state index in [4.69, 9.17) is 25.5 Å². The van der Waals surface area contributed by atoms with Crippen LogP contribution in [0.15, 0.2) is 28.7 Å². The molecule has 0 saturated heterocycles. The van der Waals surface area contributed by atoms with Gasteiger partial charge >= 0.3 is 6.01 Å². The highest BCUT2D eigenvalue weighted by molar-refractivity contribution is 6.33. The fourth-order valence-corrected chi connectivity index (χ4v) is 2.81. The molecular formula is C18H15ClFN5O3. The van der Waals surface area contributed by atoms with Crippen molar-refractivity contribution in [3.63, 3.8) is 0 Å². The molecule has 3 heterocycles. The van der Waals surface area contributed by atoms with E-state index in [-0.39, 0.29) is 29.0 Å². The van der Waals surface area contributed by atoms with Crippen molar-refractivity contribution >= 4 is 22.8 Å². The van der Waals surface area contributed by atoms with E-state index in [9.17, 15) is 4.39 Å². The first kappa shape index (κ1) is 18.2. The van der Waals surface area contributed by atoms with E-state index in [0.29, 0.717) is 23.1 Å². The molecule has 144 valence electrons. The van der Waals surface area contributed by atoms with Gasteiger partial charge in [-0.3, -0.25) is 0 Å². The maximum absolute atomic E-state index is 13.6. The van der Waals surface area contributed by atoms with Crippen LogP contribution in [0.4, 0.5) is 4.39 Å². The number of nitrogens with zero attached hydrogens (tertiary/aromatic N) is 5. The van der Waals surface area contributed by atoms with E-state index in [0.717, 1.165) is 5.69 Å². The van der Waals surface area contributed by atoms with E-state index in [1.54, 1.807) is 17.8 Å². The van der Waals surface area contributed by atoms with Gasteiger partial charge in [0.15, 0.2) is 5.52 Å². The molecule has 0 saturated carbocycles. The van der Waals surface area contributed by atoms with Crippen molar-refractivity contribution in [3.8, 4) is 29.2 Å². The van der Waals surface area contributed by atoms with Crippen molar-refractivity contribution in [2.24, 2.45) is 7.05 Å². The van der Waals surface area contributed by atoms with Crippen LogP contribution in [0, 0.1) is 12.7 Å². The van der Waals surface area contributed by atoms with Crippen molar-refractivity contribution in [2.75, 3.05) is 6.61 Å². The Morgan fingerprint density at radius 1 is 1.21 bits per heavy atom. The first-order chi connectivity index (χ1) is 13.4. The number of oxazole rings is 1. The maximum atomic E-state index is 13.6. The van der Waals surface area contributed by atoms with E-state index < -0.39 is 5.82 Å². The minimum absolute atomic E-state index is 0.00647. The van der Waals surface area contributed by atoms with Gasteiger partial charge in [0.1, 0.15) is 5.82 Å². The fraction of sp³-hybridized carbons (Fsp3) is 0.222. The van der Waals surface area contributed by atoms with Gasteiger partial charge < -0.3 is 13.9 Å². The van der Waals surface area contributed by atoms with Crippen LogP contribution in [0.25, 0.3) is 22.7 Å². The number of fused-ring (bicyclic) bond motifs is 1. The maximum Gasteiger partial charge on any atom is 0.330 e. The van der Waals surface area contributed by atoms with E-state index in [1.807, 2.05) is 13.8 Å². The summed E-state index contributed by atoms with van der Waals surface area (Å²) < 4.78 is 32.1. The predicted molar refractivity (Wildman–Crippen MR) is 99.2 cm³/mol. The highest BCUT2D eigenvalue weighted by atomic mass is 35.5. The normalized spacial score (nSPS) is 11.2. The summed E-state index contributed by atoms with van der Waals surface area (Å²) in [4.78, 5) is 12.8. The Hall–Kier alpha value is -3.20. The summed E-state index contributed by atoms with van der Waals surface area (Å²) in [6.45, 7) is 4.00. The lowest BCUT2D eigenvalue weighted by Gasteiger charge is -2.06. The van der Waals surface area contributed by atoms with E-state index in [2.05, 4.69) is 20.1 Å². The van der Waals surface area contributed by atoms with Crippen LogP contribution in [-0.4, -0.2) is 31.3 Å². The quantitative estimate of drug-likeness (QED) is 0.490. The van der Waals surface area contributed by atoms with Gasteiger partial charge in [0, 0.05) is 13.1 Å². The average Bonchev–Trinajstić information content (AvgIpc) is 3.20. The van der Waals surface area contributed by atoms with E-state index >= 15 is 0 Å². The summed E-state index contributed by atoms with van der Waals surface area (Å²) in [6, 6.07) is 5.66. The third-order valence-electron chi connectivity index (χ3n) is 3.80. The summed E-state index contributed by atoms with van der Waals surface area (Å²) >= 11 is 6.15. The highest BCUT2D eigenvalue weighted by Gasteiger charge is 2.20. The average molecular weight is 404 g/mol. The first-order valence-corrected chi connectivity index (χ1v) is 8.77. The van der Waals surface area contributed by atoms with Crippen LogP contribution in [0.5, 0.6) is 17.8 Å². The Balaban J connectivity index is 1.81. The van der Waals surface area contributed by atoms with Gasteiger partial charge in [-0.15, -0.1) is 0 Å². The molecule has 0 fully saturated rings. The van der Waals surface area contributed by atoms with Crippen LogP contribution in [-0.2, 0) is 7.05 Å². The predicted octanol–water partition coefficient (Wildman–Crippen LogP) is 4.31. The summed E-state index contributed by atoms with van der Waals surface area (Å²) in [7, 11) is 1.74. The largest absolute Gasteiger partial charge is 0.476 e. The Bertz CT molecular complexity index is 1170. The molecule has 0 spiro atoms. The van der Waals surface area contributed by atoms with Gasteiger partial charge in [0.05, 0.1) is 22.9 Å². The summed E-state index contributed by atoms with van der Waals surface area (Å²) in [5, 5.41) is 4.50. The number of hydrogen-bond donors (Lipinski definition) is 0. The standard InChI is InChI=1S/C18H15ClFN5O3/c1-4-26-16-14-17(23-18(22-16)27-13-7-9(2)24-25(13)3)28-15(21-14)11-8-10(20)5-6-12(11)19/h5-8H,4H2,1-3H3. The van der Waals surface area contributed by atoms with Crippen LogP contribution in [0.3, 0.4) is 0 Å². The van der Waals surface area contributed by atoms with Crippen LogP contribution in [0.2, 0.25) is 5.02 Å². The number of benzene rings is 1. The SMILES string of the molecule is CCOc1nc(Oc2cc(C)nn2C)nc2oc(-c3cc(F)ccc3Cl)nc12. The molecule has 0 aliphatic heterocycles. The number of halogens is 2. The molecule has 0 aliphatic carbocycles. The molecule has 0 aliphatic rings. The Morgan fingerprint density at radius 3 is 2.75 bits per heavy atom. The topological polar surface area (TPSA) is 88.1 Å². The lowest BCUT2D eigenvalue weighted by atomic mass is 10.2. The third-order valence-corrected chi connectivity index (χ3v) is 4.13. The first-order valence-electron chi connectivity index (χ1n) is 8.40. The molecule has 0 unspecified atom stereocenters. The molecule has 0 amide bonds. The Labute approximate surface area is 163 Å². The zero-order chi connectivity index (χ0) is 19.8. The van der Waals surface area contributed by atoms with Gasteiger partial charge in [0.2, 0.25) is 11.8 Å². The second-order valence-electron chi connectivity index (χ2n) is 5.89. The monoisotopic (exact) mass is 403 g/mol. The van der Waals surface area contributed by atoms with Crippen molar-refractivity contribution in [3.05, 3.63) is 40.8 Å². The minimum atomic E-state index is -0.464. The molecule has 4 aromatic rings. The number of hydrogen-bond acceptors (Lipinski definition) is 7. The van der Waals surface area contributed by atoms with Gasteiger partial charge in [0.25, 0.3) is 11.6 Å². The van der Waals surface area contributed by atoms with Crippen LogP contribution >= 0.6 is 11.6 Å². The molecule has 3 aromatic heterocycles. The minimum Gasteiger partial charge on any atom is -0.476 e. The molecule has 10 heteroatoms. The third kappa shape index (κ3) is 3.36. The van der Waals surface area contributed by atoms with Crippen molar-refractivity contribution < 1.29 is 18.3 Å². The van der Waals surface area contributed by atoms with Crippen molar-refractivity contribution in [1.29, 1.82) is 0 Å². The van der Waals surface area contributed by atoms with Gasteiger partial charge in [-0.25, -0.2) is 14.1 Å². The molecule has 4 rings (SSSR count). The van der Waals surface area contributed by atoms with Crippen LogP contribution in [0.1, 0.15) is 12.6 Å². The molecule has 28 heavy (non-hydrogen) atoms. The molecule has 0 radical (unpaired) electrons. The fourth-order valence-electron chi connectivity index (χ4n) is 2.61. The van der Waals surface area contributed by atoms with Crippen molar-refractivity contribution in [2.45, 2.75) is 13.8 Å². The van der Waals surface area contributed by atoms with Crippen LogP contribution < -0.4 is 9.47 Å². The second-order valence-corrected chi connectivity index (χ2v) is 6.30. The summed E-state index contributed by atoms with van der Waals surface area (Å²) in [6.07, 6.45) is 0. The number of ether oxygens (including phenoxy) is 2. The molecule has 8 nitrogen and oxygen atoms in total. The Morgan fingerprint density at radius 2 is 2.04 bits per heavy atom. The summed E-state index contributed by atoms with van der Waals surface area (Å²) in [5.41, 5.74) is 1.49. The molecule has 1 aromatic carbocycles. The van der Waals surface area contributed by atoms with Gasteiger partial charge in [-0.1, -0.05) is 11.6 Å². The zero-order valence-electron chi connectivity index (χ0n) is 15.2. The van der Waals surface area contributed by atoms with E-state index in [1.165, 1.54) is 18.2 Å². The highest BCUT2D eigenvalue weighted by Crippen LogP contribution is 2.34. The molecule has 0 atom stereocenters. The van der Waals surface area contributed by atoms with Gasteiger partial charge in [-0.05, 0) is 32.0 Å². The summed E-state index contributed by atoms with van der Waals surface area (Å²) in [5.74, 6) is 0.271. The number of rotatable bonds is 5. The lowest BCUT2D eigenvalue weighted by Crippen LogP contribution is -2.01. The van der Waals surface area contributed by atoms with Crippen molar-refractivity contribution in [1.82, 2.24) is 24.7 Å². The smallest absolute Gasteiger partial charge is 0.330 e. The number of aryl methyl sites for hydroxylation is 2. The molecule has 0 bridgehead atoms. The number of aromatic nitrogens is 5. The van der Waals surface area contributed by atoms with Gasteiger partial charge in [-0.2, -0.15) is 15.1 Å². The molecular weight excluding hydrogens is 389 g/mol.